The van der Waals surface area contributed by atoms with Crippen LogP contribution in [0.5, 0.6) is 5.88 Å². The number of likely N-dealkylation sites (N-methyl/N-ethyl adjacent to an activating group) is 1. The molecule has 0 radical (unpaired) electrons. The SMILES string of the molecule is COc1nc(-c2cccc(-c3cccc(-c4ccn5c(=O)c(CNC[C@H]6CCC(=O)N6C)cnc5c4)c3Cl)c2Cl)ccc1CNC[C@@H]1CCC(=O)N1. The summed E-state index contributed by atoms with van der Waals surface area (Å²) >= 11 is 14.2. The summed E-state index contributed by atoms with van der Waals surface area (Å²) in [5.74, 6) is 0.731. The van der Waals surface area contributed by atoms with E-state index < -0.39 is 0 Å². The molecule has 2 saturated heterocycles. The van der Waals surface area contributed by atoms with Gasteiger partial charge in [-0.1, -0.05) is 65.7 Å². The van der Waals surface area contributed by atoms with Crippen LogP contribution in [0.3, 0.4) is 0 Å². The van der Waals surface area contributed by atoms with Crippen LogP contribution in [0.25, 0.3) is 39.2 Å². The van der Waals surface area contributed by atoms with E-state index in [4.69, 9.17) is 32.9 Å². The van der Waals surface area contributed by atoms with Crippen molar-refractivity contribution in [1.82, 2.24) is 35.2 Å². The molecule has 52 heavy (non-hydrogen) atoms. The van der Waals surface area contributed by atoms with Crippen LogP contribution in [0.2, 0.25) is 10.0 Å². The van der Waals surface area contributed by atoms with Crippen LogP contribution in [0.15, 0.2) is 77.9 Å². The van der Waals surface area contributed by atoms with Crippen LogP contribution in [0.1, 0.15) is 36.8 Å². The van der Waals surface area contributed by atoms with Crippen molar-refractivity contribution in [2.75, 3.05) is 27.2 Å². The largest absolute Gasteiger partial charge is 0.481 e. The van der Waals surface area contributed by atoms with Crippen LogP contribution in [0.4, 0.5) is 0 Å². The van der Waals surface area contributed by atoms with E-state index in [1.165, 1.54) is 4.40 Å². The van der Waals surface area contributed by atoms with Crippen molar-refractivity contribution in [3.63, 3.8) is 0 Å². The molecule has 2 aromatic carbocycles. The number of nitrogens with zero attached hydrogens (tertiary/aromatic N) is 4. The average molecular weight is 741 g/mol. The topological polar surface area (TPSA) is 130 Å². The highest BCUT2D eigenvalue weighted by Crippen LogP contribution is 2.42. The summed E-state index contributed by atoms with van der Waals surface area (Å²) in [4.78, 5) is 47.8. The first-order valence-electron chi connectivity index (χ1n) is 17.3. The maximum absolute atomic E-state index is 13.3. The van der Waals surface area contributed by atoms with Crippen molar-refractivity contribution in [1.29, 1.82) is 0 Å². The summed E-state index contributed by atoms with van der Waals surface area (Å²) in [6, 6.07) is 19.4. The first kappa shape index (κ1) is 35.6. The minimum atomic E-state index is -0.156. The maximum Gasteiger partial charge on any atom is 0.262 e. The third kappa shape index (κ3) is 7.27. The van der Waals surface area contributed by atoms with Crippen LogP contribution < -0.4 is 26.2 Å². The van der Waals surface area contributed by atoms with Crippen molar-refractivity contribution in [2.24, 2.45) is 0 Å². The standard InChI is InChI=1S/C39H39Cl2N7O4/c1-47-27(11-14-35(47)50)22-43-19-25-20-44-33-17-23(15-16-48(33)39(25)51)28-5-3-6-29(36(28)40)30-7-4-8-31(37(30)41)32-12-9-24(38(46-32)52-2)18-42-21-26-10-13-34(49)45-26/h3-9,12,15-17,20,26-27,42-43H,10-11,13-14,18-19,21-22H2,1-2H3,(H,45,49)/t26-,27+/m0/s1. The minimum Gasteiger partial charge on any atom is -0.481 e. The number of carbonyl (C=O) groups excluding carboxylic acids is 2. The lowest BCUT2D eigenvalue weighted by atomic mass is 9.97. The normalized spacial score (nSPS) is 17.3. The van der Waals surface area contributed by atoms with Gasteiger partial charge in [-0.15, -0.1) is 0 Å². The van der Waals surface area contributed by atoms with E-state index in [2.05, 4.69) is 20.9 Å². The second-order valence-electron chi connectivity index (χ2n) is 13.2. The number of nitrogens with one attached hydrogen (secondary N) is 3. The molecule has 2 fully saturated rings. The fourth-order valence-electron chi connectivity index (χ4n) is 6.92. The highest BCUT2D eigenvalue weighted by molar-refractivity contribution is 6.39. The summed E-state index contributed by atoms with van der Waals surface area (Å²) in [5, 5.41) is 10.7. The number of pyridine rings is 2. The molecule has 268 valence electrons. The number of methoxy groups -OCH3 is 1. The predicted octanol–water partition coefficient (Wildman–Crippen LogP) is 5.48. The van der Waals surface area contributed by atoms with Crippen LogP contribution in [0, 0.1) is 0 Å². The second kappa shape index (κ2) is 15.4. The quantitative estimate of drug-likeness (QED) is 0.153. The number of ether oxygens (including phenoxy) is 1. The number of carbonyl (C=O) groups is 2. The third-order valence-corrected chi connectivity index (χ3v) is 10.7. The molecule has 0 saturated carbocycles. The van der Waals surface area contributed by atoms with E-state index in [0.717, 1.165) is 46.2 Å². The summed E-state index contributed by atoms with van der Waals surface area (Å²) in [7, 11) is 3.41. The van der Waals surface area contributed by atoms with Crippen LogP contribution >= 0.6 is 23.2 Å². The molecule has 0 spiro atoms. The first-order valence-corrected chi connectivity index (χ1v) is 18.1. The van der Waals surface area contributed by atoms with Gasteiger partial charge < -0.3 is 25.6 Å². The average Bonchev–Trinajstić information content (AvgIpc) is 3.72. The van der Waals surface area contributed by atoms with Gasteiger partial charge in [0.15, 0.2) is 0 Å². The molecule has 0 bridgehead atoms. The number of rotatable bonds is 12. The van der Waals surface area contributed by atoms with Crippen molar-refractivity contribution in [3.8, 4) is 39.4 Å². The van der Waals surface area contributed by atoms with Gasteiger partial charge in [0.1, 0.15) is 5.65 Å². The second-order valence-corrected chi connectivity index (χ2v) is 13.9. The fourth-order valence-corrected chi connectivity index (χ4v) is 7.58. The van der Waals surface area contributed by atoms with Gasteiger partial charge in [0.05, 0.1) is 22.8 Å². The summed E-state index contributed by atoms with van der Waals surface area (Å²) < 4.78 is 7.18. The van der Waals surface area contributed by atoms with Gasteiger partial charge in [0.2, 0.25) is 17.7 Å². The number of likely N-dealkylation sites (tertiary alicyclic amines) is 1. The molecule has 11 nitrogen and oxygen atoms in total. The van der Waals surface area contributed by atoms with Gasteiger partial charge in [0, 0.05) is 104 Å². The predicted molar refractivity (Wildman–Crippen MR) is 203 cm³/mol. The highest BCUT2D eigenvalue weighted by Gasteiger charge is 2.27. The molecule has 3 aromatic heterocycles. The number of aromatic nitrogens is 3. The Morgan fingerprint density at radius 2 is 1.58 bits per heavy atom. The number of fused-ring (bicyclic) bond motifs is 1. The number of hydrogen-bond acceptors (Lipinski definition) is 8. The van der Waals surface area contributed by atoms with Gasteiger partial charge in [-0.2, -0.15) is 0 Å². The lowest BCUT2D eigenvalue weighted by Gasteiger charge is -2.20. The van der Waals surface area contributed by atoms with Crippen molar-refractivity contribution in [2.45, 2.75) is 50.9 Å². The summed E-state index contributed by atoms with van der Waals surface area (Å²) in [5.41, 5.74) is 6.24. The van der Waals surface area contributed by atoms with Crippen molar-refractivity contribution < 1.29 is 14.3 Å². The zero-order valence-corrected chi connectivity index (χ0v) is 30.4. The van der Waals surface area contributed by atoms with E-state index in [0.29, 0.717) is 71.9 Å². The molecule has 0 aliphatic carbocycles. The van der Waals surface area contributed by atoms with Crippen LogP contribution in [-0.2, 0) is 22.7 Å². The molecule has 5 heterocycles. The Balaban J connectivity index is 1.10. The Morgan fingerprint density at radius 3 is 2.29 bits per heavy atom. The molecule has 2 aliphatic rings. The third-order valence-electron chi connectivity index (χ3n) is 9.91. The Hall–Kier alpha value is -4.81. The van der Waals surface area contributed by atoms with E-state index in [1.54, 1.807) is 24.4 Å². The van der Waals surface area contributed by atoms with Crippen LogP contribution in [-0.4, -0.2) is 70.4 Å². The molecule has 2 amide bonds. The Labute approximate surface area is 311 Å². The van der Waals surface area contributed by atoms with Gasteiger partial charge in [0.25, 0.3) is 5.56 Å². The number of hydrogen-bond donors (Lipinski definition) is 3. The Kier molecular flexibility index (Phi) is 10.6. The van der Waals surface area contributed by atoms with Crippen molar-refractivity contribution in [3.05, 3.63) is 105 Å². The van der Waals surface area contributed by atoms with E-state index in [-0.39, 0.29) is 29.5 Å². The zero-order valence-electron chi connectivity index (χ0n) is 28.9. The lowest BCUT2D eigenvalue weighted by molar-refractivity contribution is -0.127. The molecule has 3 N–H and O–H groups in total. The van der Waals surface area contributed by atoms with E-state index in [1.807, 2.05) is 67.7 Å². The molecular weight excluding hydrogens is 701 g/mol. The highest BCUT2D eigenvalue weighted by atomic mass is 35.5. The van der Waals surface area contributed by atoms with E-state index >= 15 is 0 Å². The summed E-state index contributed by atoms with van der Waals surface area (Å²) in [6.07, 6.45) is 6.08. The molecule has 7 rings (SSSR count). The number of halogens is 2. The first-order chi connectivity index (χ1) is 25.2. The van der Waals surface area contributed by atoms with Gasteiger partial charge in [-0.3, -0.25) is 18.8 Å². The molecular formula is C39H39Cl2N7O4. The fraction of sp³-hybridized carbons (Fsp3) is 0.308. The summed E-state index contributed by atoms with van der Waals surface area (Å²) in [6.45, 7) is 2.18. The zero-order chi connectivity index (χ0) is 36.4. The minimum absolute atomic E-state index is 0.0922. The van der Waals surface area contributed by atoms with Gasteiger partial charge in [-0.25, -0.2) is 9.97 Å². The van der Waals surface area contributed by atoms with Crippen molar-refractivity contribution >= 4 is 40.7 Å². The Bertz CT molecular complexity index is 2230. The van der Waals surface area contributed by atoms with Gasteiger partial charge in [-0.05, 0) is 36.6 Å². The molecule has 0 unspecified atom stereocenters. The maximum atomic E-state index is 13.3. The smallest absolute Gasteiger partial charge is 0.262 e. The number of amides is 2. The van der Waals surface area contributed by atoms with E-state index in [9.17, 15) is 14.4 Å². The monoisotopic (exact) mass is 739 g/mol. The lowest BCUT2D eigenvalue weighted by Crippen LogP contribution is -2.37. The molecule has 5 aromatic rings. The molecule has 2 aliphatic heterocycles. The number of benzene rings is 2. The molecule has 2 atom stereocenters. The van der Waals surface area contributed by atoms with Gasteiger partial charge >= 0.3 is 0 Å². The Morgan fingerprint density at radius 1 is 0.865 bits per heavy atom. The molecule has 13 heteroatoms.